The third-order valence-electron chi connectivity index (χ3n) is 3.05. The first-order valence-corrected chi connectivity index (χ1v) is 7.09. The molecule has 0 fully saturated rings. The molecule has 0 radical (unpaired) electrons. The Morgan fingerprint density at radius 2 is 1.85 bits per heavy atom. The molecule has 108 valence electrons. The summed E-state index contributed by atoms with van der Waals surface area (Å²) in [5.74, 6) is 0. The predicted octanol–water partition coefficient (Wildman–Crippen LogP) is 4.57. The van der Waals surface area contributed by atoms with Crippen molar-refractivity contribution in [3.8, 4) is 0 Å². The van der Waals surface area contributed by atoms with Gasteiger partial charge in [0, 0.05) is 17.6 Å². The van der Waals surface area contributed by atoms with Gasteiger partial charge < -0.3 is 5.32 Å². The monoisotopic (exact) mass is 300 g/mol. The highest BCUT2D eigenvalue weighted by Gasteiger charge is 2.34. The normalized spacial score (nSPS) is 15.1. The molecule has 0 spiro atoms. The van der Waals surface area contributed by atoms with Gasteiger partial charge in [-0.1, -0.05) is 18.2 Å². The fourth-order valence-electron chi connectivity index (χ4n) is 2.12. The third-order valence-corrected chi connectivity index (χ3v) is 4.01. The molecule has 1 aromatic carbocycles. The van der Waals surface area contributed by atoms with Gasteiger partial charge in [-0.25, -0.2) is 4.98 Å². The number of hydrogen-bond acceptors (Lipinski definition) is 3. The fourth-order valence-corrected chi connectivity index (χ4v) is 2.77. The Hall–Kier alpha value is -1.40. The number of nitrogens with zero attached hydrogens (tertiary/aromatic N) is 1. The molecule has 2 unspecified atom stereocenters. The van der Waals surface area contributed by atoms with Crippen LogP contribution in [-0.4, -0.2) is 4.98 Å². The lowest BCUT2D eigenvalue weighted by molar-refractivity contribution is -0.138. The zero-order valence-corrected chi connectivity index (χ0v) is 11.9. The van der Waals surface area contributed by atoms with Gasteiger partial charge in [0.05, 0.1) is 11.6 Å². The van der Waals surface area contributed by atoms with E-state index in [-0.39, 0.29) is 11.6 Å². The number of alkyl halides is 3. The average molecular weight is 300 g/mol. The highest BCUT2D eigenvalue weighted by Crippen LogP contribution is 2.35. The van der Waals surface area contributed by atoms with Crippen molar-refractivity contribution in [2.24, 2.45) is 0 Å². The van der Waals surface area contributed by atoms with Crippen LogP contribution in [0.15, 0.2) is 35.8 Å². The van der Waals surface area contributed by atoms with E-state index in [2.05, 4.69) is 10.3 Å². The topological polar surface area (TPSA) is 24.9 Å². The van der Waals surface area contributed by atoms with Gasteiger partial charge in [-0.3, -0.25) is 0 Å². The van der Waals surface area contributed by atoms with Crippen molar-refractivity contribution >= 4 is 11.3 Å². The molecular weight excluding hydrogens is 285 g/mol. The highest BCUT2D eigenvalue weighted by atomic mass is 32.1. The Morgan fingerprint density at radius 3 is 2.45 bits per heavy atom. The molecule has 0 aliphatic rings. The number of benzene rings is 1. The van der Waals surface area contributed by atoms with Gasteiger partial charge in [0.2, 0.25) is 0 Å². The van der Waals surface area contributed by atoms with Gasteiger partial charge in [-0.15, -0.1) is 11.3 Å². The molecule has 2 rings (SSSR count). The zero-order valence-electron chi connectivity index (χ0n) is 11.1. The van der Waals surface area contributed by atoms with E-state index in [1.165, 1.54) is 23.5 Å². The molecule has 6 heteroatoms. The van der Waals surface area contributed by atoms with Gasteiger partial charge in [-0.05, 0) is 25.5 Å². The smallest absolute Gasteiger partial charge is 0.302 e. The van der Waals surface area contributed by atoms with Crippen LogP contribution in [0.3, 0.4) is 0 Å². The van der Waals surface area contributed by atoms with Gasteiger partial charge in [0.25, 0.3) is 0 Å². The third kappa shape index (κ3) is 3.37. The van der Waals surface area contributed by atoms with Crippen LogP contribution in [0.2, 0.25) is 0 Å². The molecule has 2 aromatic rings. The molecule has 0 bridgehead atoms. The summed E-state index contributed by atoms with van der Waals surface area (Å²) < 4.78 is 38.9. The van der Waals surface area contributed by atoms with Crippen LogP contribution in [0.1, 0.15) is 42.1 Å². The van der Waals surface area contributed by atoms with Gasteiger partial charge in [0.15, 0.2) is 0 Å². The minimum absolute atomic E-state index is 0.0914. The largest absolute Gasteiger partial charge is 0.416 e. The SMILES string of the molecule is CC(NC(C)c1ccccc1C(F)(F)F)c1nccs1. The zero-order chi connectivity index (χ0) is 14.8. The Labute approximate surface area is 119 Å². The molecule has 0 saturated heterocycles. The second kappa shape index (κ2) is 5.93. The summed E-state index contributed by atoms with van der Waals surface area (Å²) >= 11 is 1.48. The highest BCUT2D eigenvalue weighted by molar-refractivity contribution is 7.09. The summed E-state index contributed by atoms with van der Waals surface area (Å²) in [7, 11) is 0. The molecule has 0 aliphatic heterocycles. The first-order chi connectivity index (χ1) is 9.39. The summed E-state index contributed by atoms with van der Waals surface area (Å²) in [6.45, 7) is 3.63. The Balaban J connectivity index is 2.19. The van der Waals surface area contributed by atoms with Crippen molar-refractivity contribution < 1.29 is 13.2 Å². The van der Waals surface area contributed by atoms with Gasteiger partial charge in [0.1, 0.15) is 5.01 Å². The molecule has 1 heterocycles. The second-order valence-corrected chi connectivity index (χ2v) is 5.49. The lowest BCUT2D eigenvalue weighted by Gasteiger charge is -2.22. The summed E-state index contributed by atoms with van der Waals surface area (Å²) in [5.41, 5.74) is -0.338. The Morgan fingerprint density at radius 1 is 1.15 bits per heavy atom. The van der Waals surface area contributed by atoms with E-state index in [9.17, 15) is 13.2 Å². The van der Waals surface area contributed by atoms with Gasteiger partial charge >= 0.3 is 6.18 Å². The number of halogens is 3. The minimum atomic E-state index is -4.34. The van der Waals surface area contributed by atoms with Crippen LogP contribution < -0.4 is 5.32 Å². The van der Waals surface area contributed by atoms with E-state index in [0.29, 0.717) is 0 Å². The number of nitrogens with one attached hydrogen (secondary N) is 1. The van der Waals surface area contributed by atoms with Crippen LogP contribution in [0.25, 0.3) is 0 Å². The maximum Gasteiger partial charge on any atom is 0.416 e. The van der Waals surface area contributed by atoms with E-state index in [1.807, 2.05) is 12.3 Å². The maximum atomic E-state index is 13.0. The summed E-state index contributed by atoms with van der Waals surface area (Å²) in [6.07, 6.45) is -2.65. The standard InChI is InChI=1S/C14H15F3N2S/c1-9(19-10(2)13-18-7-8-20-13)11-5-3-4-6-12(11)14(15,16)17/h3-10,19H,1-2H3. The molecule has 20 heavy (non-hydrogen) atoms. The van der Waals surface area contributed by atoms with Crippen LogP contribution in [0.4, 0.5) is 13.2 Å². The Bertz CT molecular complexity index is 552. The Kier molecular flexibility index (Phi) is 4.45. The lowest BCUT2D eigenvalue weighted by Crippen LogP contribution is -2.24. The van der Waals surface area contributed by atoms with E-state index in [4.69, 9.17) is 0 Å². The van der Waals surface area contributed by atoms with Crippen LogP contribution in [0.5, 0.6) is 0 Å². The molecule has 0 saturated carbocycles. The molecule has 0 aliphatic carbocycles. The lowest BCUT2D eigenvalue weighted by atomic mass is 10.0. The minimum Gasteiger partial charge on any atom is -0.302 e. The fraction of sp³-hybridized carbons (Fsp3) is 0.357. The predicted molar refractivity (Wildman–Crippen MR) is 73.5 cm³/mol. The van der Waals surface area contributed by atoms with E-state index in [0.717, 1.165) is 11.1 Å². The maximum absolute atomic E-state index is 13.0. The van der Waals surface area contributed by atoms with Crippen LogP contribution in [-0.2, 0) is 6.18 Å². The average Bonchev–Trinajstić information content (AvgIpc) is 2.91. The summed E-state index contributed by atoms with van der Waals surface area (Å²) in [6, 6.07) is 5.15. The summed E-state index contributed by atoms with van der Waals surface area (Å²) in [4.78, 5) is 4.17. The number of hydrogen-bond donors (Lipinski definition) is 1. The van der Waals surface area contributed by atoms with Crippen LogP contribution >= 0.6 is 11.3 Å². The molecule has 1 aromatic heterocycles. The molecular formula is C14H15F3N2S. The van der Waals surface area contributed by atoms with Crippen LogP contribution in [0, 0.1) is 0 Å². The van der Waals surface area contributed by atoms with E-state index in [1.54, 1.807) is 19.2 Å². The first kappa shape index (κ1) is 15.0. The van der Waals surface area contributed by atoms with E-state index < -0.39 is 17.8 Å². The van der Waals surface area contributed by atoms with Crippen molar-refractivity contribution in [2.75, 3.05) is 0 Å². The van der Waals surface area contributed by atoms with Crippen molar-refractivity contribution in [1.82, 2.24) is 10.3 Å². The van der Waals surface area contributed by atoms with Crippen molar-refractivity contribution in [3.63, 3.8) is 0 Å². The molecule has 2 nitrogen and oxygen atoms in total. The quantitative estimate of drug-likeness (QED) is 0.894. The number of thiazole rings is 1. The first-order valence-electron chi connectivity index (χ1n) is 6.21. The molecule has 0 amide bonds. The summed E-state index contributed by atoms with van der Waals surface area (Å²) in [5, 5.41) is 5.87. The van der Waals surface area contributed by atoms with Crippen molar-refractivity contribution in [2.45, 2.75) is 32.1 Å². The van der Waals surface area contributed by atoms with Crippen molar-refractivity contribution in [3.05, 3.63) is 52.0 Å². The van der Waals surface area contributed by atoms with E-state index >= 15 is 0 Å². The van der Waals surface area contributed by atoms with Gasteiger partial charge in [-0.2, -0.15) is 13.2 Å². The second-order valence-electron chi connectivity index (χ2n) is 4.57. The number of aromatic nitrogens is 1. The molecule has 1 N–H and O–H groups in total. The number of rotatable bonds is 4. The molecule has 2 atom stereocenters. The van der Waals surface area contributed by atoms with Crippen molar-refractivity contribution in [1.29, 1.82) is 0 Å².